The number of nitrogens with one attached hydrogen (secondary N) is 1. The van der Waals surface area contributed by atoms with Crippen LogP contribution in [0.3, 0.4) is 0 Å². The van der Waals surface area contributed by atoms with Crippen molar-refractivity contribution in [3.63, 3.8) is 0 Å². The molecule has 2 aromatic carbocycles. The Kier molecular flexibility index (Phi) is 5.78. The minimum absolute atomic E-state index is 0.112. The molecule has 0 bridgehead atoms. The molecule has 26 heavy (non-hydrogen) atoms. The summed E-state index contributed by atoms with van der Waals surface area (Å²) in [7, 11) is 0. The zero-order valence-corrected chi connectivity index (χ0v) is 14.3. The maximum atomic E-state index is 13.2. The molecule has 0 aliphatic carbocycles. The molecule has 3 rings (SSSR count). The third-order valence-corrected chi connectivity index (χ3v) is 3.79. The molecule has 2 N–H and O–H groups in total. The Labute approximate surface area is 154 Å². The summed E-state index contributed by atoms with van der Waals surface area (Å²) < 4.78 is 18.9. The molecule has 0 fully saturated rings. The summed E-state index contributed by atoms with van der Waals surface area (Å²) >= 11 is 6.00. The fraction of sp³-hybridized carbons (Fsp3) is 0.0526. The molecule has 7 heteroatoms. The molecule has 0 aliphatic heterocycles. The van der Waals surface area contributed by atoms with Gasteiger partial charge in [0, 0.05) is 6.20 Å². The van der Waals surface area contributed by atoms with Gasteiger partial charge < -0.3 is 4.74 Å². The quantitative estimate of drug-likeness (QED) is 0.391. The Morgan fingerprint density at radius 3 is 2.69 bits per heavy atom. The molecule has 0 atom stereocenters. The van der Waals surface area contributed by atoms with Crippen LogP contribution in [0.15, 0.2) is 71.9 Å². The molecule has 0 unspecified atom stereocenters. The van der Waals surface area contributed by atoms with E-state index in [2.05, 4.69) is 15.5 Å². The van der Waals surface area contributed by atoms with Crippen LogP contribution in [0.25, 0.3) is 0 Å². The number of benzene rings is 2. The van der Waals surface area contributed by atoms with Crippen molar-refractivity contribution in [1.29, 1.82) is 0 Å². The average Bonchev–Trinajstić information content (AvgIpc) is 2.66. The van der Waals surface area contributed by atoms with E-state index in [-0.39, 0.29) is 22.5 Å². The Morgan fingerprint density at radius 2 is 1.96 bits per heavy atom. The Morgan fingerprint density at radius 1 is 1.15 bits per heavy atom. The van der Waals surface area contributed by atoms with Crippen molar-refractivity contribution in [1.82, 2.24) is 10.5 Å². The van der Waals surface area contributed by atoms with Crippen molar-refractivity contribution in [2.75, 3.05) is 0 Å². The Hall–Kier alpha value is -2.96. The largest absolute Gasteiger partial charge is 0.437 e. The van der Waals surface area contributed by atoms with Crippen molar-refractivity contribution in [2.24, 2.45) is 4.99 Å². The van der Waals surface area contributed by atoms with Crippen LogP contribution >= 0.6 is 11.6 Å². The minimum Gasteiger partial charge on any atom is -0.437 e. The van der Waals surface area contributed by atoms with E-state index in [0.717, 1.165) is 11.6 Å². The third-order valence-electron chi connectivity index (χ3n) is 3.50. The lowest BCUT2D eigenvalue weighted by Crippen LogP contribution is -2.21. The molecule has 0 aliphatic rings. The Bertz CT molecular complexity index is 920. The van der Waals surface area contributed by atoms with E-state index < -0.39 is 5.82 Å². The third kappa shape index (κ3) is 4.36. The molecule has 0 radical (unpaired) electrons. The maximum Gasteiger partial charge on any atom is 0.230 e. The first-order chi connectivity index (χ1) is 12.7. The van der Waals surface area contributed by atoms with E-state index in [1.807, 2.05) is 30.3 Å². The van der Waals surface area contributed by atoms with Crippen molar-refractivity contribution in [3.05, 3.63) is 88.8 Å². The Balaban J connectivity index is 1.89. The van der Waals surface area contributed by atoms with Gasteiger partial charge in [-0.05, 0) is 35.9 Å². The summed E-state index contributed by atoms with van der Waals surface area (Å²) in [6.45, 7) is 0.357. The lowest BCUT2D eigenvalue weighted by atomic mass is 10.2. The smallest absolute Gasteiger partial charge is 0.230 e. The molecule has 0 spiro atoms. The molecule has 0 saturated heterocycles. The van der Waals surface area contributed by atoms with E-state index in [1.165, 1.54) is 18.3 Å². The number of halogens is 2. The lowest BCUT2D eigenvalue weighted by molar-refractivity contribution is 0.234. The second kappa shape index (κ2) is 8.42. The van der Waals surface area contributed by atoms with Gasteiger partial charge in [0.25, 0.3) is 0 Å². The SMILES string of the molecule is ONC(=NCc1ccccc1)c1cccnc1Oc1ccc(F)cc1Cl. The summed E-state index contributed by atoms with van der Waals surface area (Å²) in [5, 5.41) is 9.61. The van der Waals surface area contributed by atoms with Gasteiger partial charge in [0.2, 0.25) is 5.88 Å². The van der Waals surface area contributed by atoms with Crippen LogP contribution in [0.5, 0.6) is 11.6 Å². The van der Waals surface area contributed by atoms with Gasteiger partial charge in [-0.25, -0.2) is 9.37 Å². The molecule has 3 aromatic rings. The zero-order chi connectivity index (χ0) is 18.4. The topological polar surface area (TPSA) is 66.7 Å². The average molecular weight is 372 g/mol. The fourth-order valence-electron chi connectivity index (χ4n) is 2.25. The maximum absolute atomic E-state index is 13.2. The number of hydrogen-bond donors (Lipinski definition) is 2. The van der Waals surface area contributed by atoms with Gasteiger partial charge in [0.1, 0.15) is 11.6 Å². The van der Waals surface area contributed by atoms with Crippen molar-refractivity contribution in [2.45, 2.75) is 6.54 Å². The summed E-state index contributed by atoms with van der Waals surface area (Å²) in [4.78, 5) is 8.52. The highest BCUT2D eigenvalue weighted by Crippen LogP contribution is 2.30. The zero-order valence-electron chi connectivity index (χ0n) is 13.6. The number of amidine groups is 1. The predicted molar refractivity (Wildman–Crippen MR) is 97.3 cm³/mol. The number of aromatic nitrogens is 1. The van der Waals surface area contributed by atoms with Crippen LogP contribution in [0.2, 0.25) is 5.02 Å². The van der Waals surface area contributed by atoms with Gasteiger partial charge in [-0.3, -0.25) is 15.7 Å². The number of nitrogens with zero attached hydrogens (tertiary/aromatic N) is 2. The number of hydroxylamine groups is 1. The monoisotopic (exact) mass is 371 g/mol. The predicted octanol–water partition coefficient (Wildman–Crippen LogP) is 4.59. The van der Waals surface area contributed by atoms with Crippen molar-refractivity contribution in [3.8, 4) is 11.6 Å². The van der Waals surface area contributed by atoms with Gasteiger partial charge >= 0.3 is 0 Å². The van der Waals surface area contributed by atoms with Gasteiger partial charge in [-0.15, -0.1) is 0 Å². The van der Waals surface area contributed by atoms with E-state index >= 15 is 0 Å². The standard InChI is InChI=1S/C19H15ClFN3O2/c20-16-11-14(21)8-9-17(16)26-19-15(7-4-10-22-19)18(24-25)23-12-13-5-2-1-3-6-13/h1-11,25H,12H2,(H,23,24). The van der Waals surface area contributed by atoms with Crippen LogP contribution in [0, 0.1) is 5.82 Å². The second-order valence-corrected chi connectivity index (χ2v) is 5.70. The van der Waals surface area contributed by atoms with Crippen molar-refractivity contribution < 1.29 is 14.3 Å². The molecule has 0 amide bonds. The second-order valence-electron chi connectivity index (χ2n) is 5.30. The van der Waals surface area contributed by atoms with E-state index in [1.54, 1.807) is 12.1 Å². The highest BCUT2D eigenvalue weighted by molar-refractivity contribution is 6.32. The first-order valence-electron chi connectivity index (χ1n) is 7.74. The van der Waals surface area contributed by atoms with E-state index in [9.17, 15) is 9.60 Å². The normalized spacial score (nSPS) is 11.3. The van der Waals surface area contributed by atoms with Gasteiger partial charge in [-0.1, -0.05) is 41.9 Å². The molecule has 1 heterocycles. The number of hydrogen-bond acceptors (Lipinski definition) is 4. The van der Waals surface area contributed by atoms with Crippen LogP contribution in [-0.4, -0.2) is 16.0 Å². The highest BCUT2D eigenvalue weighted by Gasteiger charge is 2.14. The van der Waals surface area contributed by atoms with Crippen LogP contribution in [-0.2, 0) is 6.54 Å². The van der Waals surface area contributed by atoms with Crippen LogP contribution < -0.4 is 10.2 Å². The number of rotatable bonds is 5. The van der Waals surface area contributed by atoms with Gasteiger partial charge in [0.05, 0.1) is 17.1 Å². The molecule has 132 valence electrons. The van der Waals surface area contributed by atoms with Crippen LogP contribution in [0.1, 0.15) is 11.1 Å². The number of pyridine rings is 1. The lowest BCUT2D eigenvalue weighted by Gasteiger charge is -2.12. The van der Waals surface area contributed by atoms with Crippen LogP contribution in [0.4, 0.5) is 4.39 Å². The first kappa shape index (κ1) is 17.8. The molecular weight excluding hydrogens is 357 g/mol. The summed E-state index contributed by atoms with van der Waals surface area (Å²) in [6.07, 6.45) is 1.53. The summed E-state index contributed by atoms with van der Waals surface area (Å²) in [5.74, 6) is 0.142. The van der Waals surface area contributed by atoms with Gasteiger partial charge in [0.15, 0.2) is 5.84 Å². The number of aliphatic imine (C=N–C) groups is 1. The summed E-state index contributed by atoms with van der Waals surface area (Å²) in [6, 6.07) is 16.7. The molecule has 0 saturated carbocycles. The summed E-state index contributed by atoms with van der Waals surface area (Å²) in [5.41, 5.74) is 3.49. The molecule has 1 aromatic heterocycles. The fourth-order valence-corrected chi connectivity index (χ4v) is 2.45. The van der Waals surface area contributed by atoms with E-state index in [4.69, 9.17) is 16.3 Å². The van der Waals surface area contributed by atoms with E-state index in [0.29, 0.717) is 12.1 Å². The molecular formula is C19H15ClFN3O2. The minimum atomic E-state index is -0.467. The number of ether oxygens (including phenoxy) is 1. The molecule has 5 nitrogen and oxygen atoms in total. The first-order valence-corrected chi connectivity index (χ1v) is 8.12. The highest BCUT2D eigenvalue weighted by atomic mass is 35.5. The van der Waals surface area contributed by atoms with Crippen molar-refractivity contribution >= 4 is 17.4 Å². The van der Waals surface area contributed by atoms with Gasteiger partial charge in [-0.2, -0.15) is 0 Å².